The number of hydrogen-bond donors (Lipinski definition) is 3. The van der Waals surface area contributed by atoms with Crippen LogP contribution in [0.5, 0.6) is 5.75 Å². The van der Waals surface area contributed by atoms with E-state index >= 15 is 0 Å². The minimum absolute atomic E-state index is 0.189. The molecule has 206 valence electrons. The SMILES string of the molecule is CC.CC12CCC3c4ccc(OCc5ccccc5)cc4CCC3C1CCC2OCCNCCO.CO. The number of fused-ring (bicyclic) bond motifs is 5. The van der Waals surface area contributed by atoms with Gasteiger partial charge in [0.05, 0.1) is 19.3 Å². The Labute approximate surface area is 224 Å². The van der Waals surface area contributed by atoms with Crippen LogP contribution in [-0.2, 0) is 17.8 Å². The Kier molecular flexibility index (Phi) is 11.9. The van der Waals surface area contributed by atoms with Crippen LogP contribution in [0.3, 0.4) is 0 Å². The van der Waals surface area contributed by atoms with Crippen LogP contribution in [0.1, 0.15) is 75.5 Å². The molecule has 0 saturated heterocycles. The first-order valence-corrected chi connectivity index (χ1v) is 14.4. The maximum absolute atomic E-state index is 8.93. The van der Waals surface area contributed by atoms with Crippen LogP contribution in [0.15, 0.2) is 48.5 Å². The second kappa shape index (κ2) is 14.9. The van der Waals surface area contributed by atoms with Crippen molar-refractivity contribution in [2.75, 3.05) is 33.4 Å². The Balaban J connectivity index is 0.000000907. The van der Waals surface area contributed by atoms with Crippen LogP contribution in [0.25, 0.3) is 0 Å². The van der Waals surface area contributed by atoms with Crippen LogP contribution in [0.2, 0.25) is 0 Å². The molecule has 0 spiro atoms. The first-order valence-electron chi connectivity index (χ1n) is 14.4. The Morgan fingerprint density at radius 2 is 1.76 bits per heavy atom. The Morgan fingerprint density at radius 1 is 0.973 bits per heavy atom. The maximum Gasteiger partial charge on any atom is 0.120 e. The second-order valence-corrected chi connectivity index (χ2v) is 10.5. The highest BCUT2D eigenvalue weighted by atomic mass is 16.5. The molecule has 5 heteroatoms. The van der Waals surface area contributed by atoms with Crippen molar-refractivity contribution in [3.63, 3.8) is 0 Å². The van der Waals surface area contributed by atoms with Crippen LogP contribution >= 0.6 is 0 Å². The van der Waals surface area contributed by atoms with E-state index in [1.807, 2.05) is 19.9 Å². The largest absolute Gasteiger partial charge is 0.489 e. The Morgan fingerprint density at radius 3 is 2.51 bits per heavy atom. The zero-order valence-corrected chi connectivity index (χ0v) is 23.4. The van der Waals surface area contributed by atoms with Gasteiger partial charge in [-0.15, -0.1) is 0 Å². The summed E-state index contributed by atoms with van der Waals surface area (Å²) in [6.07, 6.45) is 7.89. The number of nitrogens with one attached hydrogen (secondary N) is 1. The monoisotopic (exact) mass is 511 g/mol. The van der Waals surface area contributed by atoms with E-state index in [2.05, 4.69) is 54.7 Å². The molecule has 5 atom stereocenters. The summed E-state index contributed by atoms with van der Waals surface area (Å²) in [5.74, 6) is 3.25. The fourth-order valence-corrected chi connectivity index (χ4v) is 7.09. The summed E-state index contributed by atoms with van der Waals surface area (Å²) in [5.41, 5.74) is 4.61. The first-order chi connectivity index (χ1) is 18.2. The zero-order chi connectivity index (χ0) is 26.7. The molecule has 5 rings (SSSR count). The van der Waals surface area contributed by atoms with Gasteiger partial charge in [-0.3, -0.25) is 0 Å². The predicted octanol–water partition coefficient (Wildman–Crippen LogP) is 5.72. The number of benzene rings is 2. The fourth-order valence-electron chi connectivity index (χ4n) is 7.09. The summed E-state index contributed by atoms with van der Waals surface area (Å²) in [4.78, 5) is 0. The molecule has 3 N–H and O–H groups in total. The van der Waals surface area contributed by atoms with Crippen molar-refractivity contribution in [2.45, 2.75) is 77.9 Å². The summed E-state index contributed by atoms with van der Waals surface area (Å²) in [6.45, 7) is 9.54. The third kappa shape index (κ3) is 6.94. The lowest BCUT2D eigenvalue weighted by Crippen LogP contribution is -2.45. The second-order valence-electron chi connectivity index (χ2n) is 10.5. The van der Waals surface area contributed by atoms with Crippen molar-refractivity contribution >= 4 is 0 Å². The standard InChI is InChI=1S/C29H39NO3.C2H6.CH4O/c1-29-14-13-25-24-10-8-23(33-20-21-5-3-2-4-6-21)19-22(24)7-9-26(25)27(29)11-12-28(29)32-18-16-30-15-17-31;2*1-2/h2-6,8,10,19,25-28,30-31H,7,9,11-18,20H2,1H3;1-2H3;2H,1H3. The average Bonchev–Trinajstić information content (AvgIpc) is 3.30. The molecule has 0 aromatic heterocycles. The normalized spacial score (nSPS) is 27.4. The van der Waals surface area contributed by atoms with Gasteiger partial charge in [-0.05, 0) is 90.5 Å². The van der Waals surface area contributed by atoms with Gasteiger partial charge < -0.3 is 25.0 Å². The first kappa shape index (κ1) is 29.6. The molecule has 0 bridgehead atoms. The van der Waals surface area contributed by atoms with E-state index in [0.717, 1.165) is 37.8 Å². The predicted molar refractivity (Wildman–Crippen MR) is 151 cm³/mol. The molecule has 5 unspecified atom stereocenters. The lowest BCUT2D eigenvalue weighted by atomic mass is 9.55. The van der Waals surface area contributed by atoms with Crippen LogP contribution in [0, 0.1) is 17.3 Å². The van der Waals surface area contributed by atoms with Gasteiger partial charge in [0.2, 0.25) is 0 Å². The number of aryl methyl sites for hydroxylation is 1. The van der Waals surface area contributed by atoms with Gasteiger partial charge in [-0.25, -0.2) is 0 Å². The highest BCUT2D eigenvalue weighted by Gasteiger charge is 2.55. The highest BCUT2D eigenvalue weighted by molar-refractivity contribution is 5.41. The molecule has 2 saturated carbocycles. The summed E-state index contributed by atoms with van der Waals surface area (Å²) in [7, 11) is 1.00. The van der Waals surface area contributed by atoms with Crippen LogP contribution in [-0.4, -0.2) is 49.7 Å². The van der Waals surface area contributed by atoms with Gasteiger partial charge in [0.1, 0.15) is 12.4 Å². The van der Waals surface area contributed by atoms with E-state index in [1.54, 1.807) is 5.56 Å². The number of aliphatic hydroxyl groups is 2. The fraction of sp³-hybridized carbons (Fsp3) is 0.625. The third-order valence-electron chi connectivity index (χ3n) is 8.75. The van der Waals surface area contributed by atoms with Crippen molar-refractivity contribution in [1.82, 2.24) is 5.32 Å². The molecular formula is C32H49NO4. The Bertz CT molecular complexity index is 920. The van der Waals surface area contributed by atoms with E-state index in [0.29, 0.717) is 30.6 Å². The molecule has 2 fully saturated rings. The van der Waals surface area contributed by atoms with Crippen LogP contribution < -0.4 is 10.1 Å². The summed E-state index contributed by atoms with van der Waals surface area (Å²) >= 11 is 0. The smallest absolute Gasteiger partial charge is 0.120 e. The Hall–Kier alpha value is -1.92. The quantitative estimate of drug-likeness (QED) is 0.376. The zero-order valence-electron chi connectivity index (χ0n) is 23.4. The number of hydrogen-bond acceptors (Lipinski definition) is 5. The lowest BCUT2D eigenvalue weighted by Gasteiger charge is -2.50. The van der Waals surface area contributed by atoms with Crippen molar-refractivity contribution in [3.05, 3.63) is 65.2 Å². The number of ether oxygens (including phenoxy) is 2. The molecule has 37 heavy (non-hydrogen) atoms. The minimum Gasteiger partial charge on any atom is -0.489 e. The molecule has 3 aliphatic rings. The van der Waals surface area contributed by atoms with Crippen molar-refractivity contribution < 1.29 is 19.7 Å². The summed E-state index contributed by atoms with van der Waals surface area (Å²) < 4.78 is 12.5. The van der Waals surface area contributed by atoms with Gasteiger partial charge in [0, 0.05) is 20.2 Å². The van der Waals surface area contributed by atoms with E-state index in [9.17, 15) is 0 Å². The molecule has 0 radical (unpaired) electrons. The average molecular weight is 512 g/mol. The van der Waals surface area contributed by atoms with Crippen molar-refractivity contribution in [2.24, 2.45) is 17.3 Å². The maximum atomic E-state index is 8.93. The van der Waals surface area contributed by atoms with Crippen molar-refractivity contribution in [1.29, 1.82) is 0 Å². The molecule has 0 aliphatic heterocycles. The summed E-state index contributed by atoms with van der Waals surface area (Å²) in [5, 5.41) is 19.2. The molecular weight excluding hydrogens is 462 g/mol. The van der Waals surface area contributed by atoms with Gasteiger partial charge in [0.25, 0.3) is 0 Å². The lowest BCUT2D eigenvalue weighted by molar-refractivity contribution is -0.0628. The molecule has 5 nitrogen and oxygen atoms in total. The minimum atomic E-state index is 0.189. The molecule has 2 aromatic carbocycles. The van der Waals surface area contributed by atoms with Crippen LogP contribution in [0.4, 0.5) is 0 Å². The van der Waals surface area contributed by atoms with E-state index in [4.69, 9.17) is 19.7 Å². The number of rotatable bonds is 9. The van der Waals surface area contributed by atoms with Gasteiger partial charge >= 0.3 is 0 Å². The summed E-state index contributed by atoms with van der Waals surface area (Å²) in [6, 6.07) is 17.3. The van der Waals surface area contributed by atoms with E-state index in [1.165, 1.54) is 49.7 Å². The topological polar surface area (TPSA) is 71.0 Å². The molecule has 0 amide bonds. The highest BCUT2D eigenvalue weighted by Crippen LogP contribution is 2.61. The van der Waals surface area contributed by atoms with Gasteiger partial charge in [0.15, 0.2) is 0 Å². The van der Waals surface area contributed by atoms with E-state index in [-0.39, 0.29) is 6.61 Å². The molecule has 0 heterocycles. The molecule has 3 aliphatic carbocycles. The van der Waals surface area contributed by atoms with Gasteiger partial charge in [-0.1, -0.05) is 57.2 Å². The van der Waals surface area contributed by atoms with E-state index < -0.39 is 0 Å². The van der Waals surface area contributed by atoms with Gasteiger partial charge in [-0.2, -0.15) is 0 Å². The van der Waals surface area contributed by atoms with Crippen molar-refractivity contribution in [3.8, 4) is 5.75 Å². The molecule has 2 aromatic rings. The number of aliphatic hydroxyl groups excluding tert-OH is 2. The third-order valence-corrected chi connectivity index (χ3v) is 8.75.